The molecule has 0 saturated carbocycles. The summed E-state index contributed by atoms with van der Waals surface area (Å²) in [6, 6.07) is 0.727. The van der Waals surface area contributed by atoms with E-state index in [4.69, 9.17) is 4.74 Å². The molecule has 6 heteroatoms. The Morgan fingerprint density at radius 2 is 1.87 bits per heavy atom. The van der Waals surface area contributed by atoms with Gasteiger partial charge in [0.05, 0.1) is 12.7 Å². The average Bonchev–Trinajstić information content (AvgIpc) is 2.82. The SMILES string of the molecule is COC(=O)c1c(C)[nH]c(C(=O)NC2CCN(C(C)C)CC2)c1C. The third kappa shape index (κ3) is 3.75. The third-order valence-corrected chi connectivity index (χ3v) is 4.65. The molecule has 1 aliphatic heterocycles. The summed E-state index contributed by atoms with van der Waals surface area (Å²) in [5.74, 6) is -0.565. The lowest BCUT2D eigenvalue weighted by molar-refractivity contribution is 0.0599. The van der Waals surface area contributed by atoms with Gasteiger partial charge in [-0.05, 0) is 46.1 Å². The van der Waals surface area contributed by atoms with Crippen LogP contribution in [0.4, 0.5) is 0 Å². The van der Waals surface area contributed by atoms with Crippen LogP contribution in [0.5, 0.6) is 0 Å². The zero-order valence-electron chi connectivity index (χ0n) is 14.7. The van der Waals surface area contributed by atoms with Gasteiger partial charge in [-0.1, -0.05) is 0 Å². The summed E-state index contributed by atoms with van der Waals surface area (Å²) in [5, 5.41) is 3.08. The summed E-state index contributed by atoms with van der Waals surface area (Å²) < 4.78 is 4.78. The van der Waals surface area contributed by atoms with Crippen LogP contribution in [0, 0.1) is 13.8 Å². The maximum absolute atomic E-state index is 12.5. The fourth-order valence-corrected chi connectivity index (χ4v) is 3.20. The number of carbonyl (C=O) groups excluding carboxylic acids is 2. The predicted octanol–water partition coefficient (Wildman–Crippen LogP) is 2.02. The molecule has 6 nitrogen and oxygen atoms in total. The number of methoxy groups -OCH3 is 1. The van der Waals surface area contributed by atoms with E-state index in [-0.39, 0.29) is 11.9 Å². The van der Waals surface area contributed by atoms with Crippen LogP contribution in [0.25, 0.3) is 0 Å². The minimum Gasteiger partial charge on any atom is -0.465 e. The maximum atomic E-state index is 12.5. The third-order valence-electron chi connectivity index (χ3n) is 4.65. The lowest BCUT2D eigenvalue weighted by Gasteiger charge is -2.34. The van der Waals surface area contributed by atoms with E-state index in [9.17, 15) is 9.59 Å². The van der Waals surface area contributed by atoms with Crippen LogP contribution in [-0.4, -0.2) is 54.0 Å². The zero-order valence-corrected chi connectivity index (χ0v) is 14.7. The molecule has 1 saturated heterocycles. The number of amides is 1. The first-order chi connectivity index (χ1) is 10.8. The highest BCUT2D eigenvalue weighted by Crippen LogP contribution is 2.20. The van der Waals surface area contributed by atoms with Gasteiger partial charge < -0.3 is 19.9 Å². The molecule has 0 bridgehead atoms. The molecule has 128 valence electrons. The minimum absolute atomic E-state index is 0.149. The topological polar surface area (TPSA) is 74.4 Å². The standard InChI is InChI=1S/C17H27N3O3/c1-10(2)20-8-6-13(7-9-20)19-16(21)15-11(3)14(12(4)18-15)17(22)23-5/h10,13,18H,6-9H2,1-5H3,(H,19,21). The Kier molecular flexibility index (Phi) is 5.46. The number of esters is 1. The molecule has 0 spiro atoms. The molecule has 0 unspecified atom stereocenters. The van der Waals surface area contributed by atoms with Crippen LogP contribution in [0.2, 0.25) is 0 Å². The maximum Gasteiger partial charge on any atom is 0.339 e. The quantitative estimate of drug-likeness (QED) is 0.832. The fraction of sp³-hybridized carbons (Fsp3) is 0.647. The fourth-order valence-electron chi connectivity index (χ4n) is 3.20. The molecule has 1 aliphatic rings. The van der Waals surface area contributed by atoms with E-state index in [0.29, 0.717) is 28.6 Å². The summed E-state index contributed by atoms with van der Waals surface area (Å²) in [6.07, 6.45) is 1.90. The Balaban J connectivity index is 2.04. The number of hydrogen-bond donors (Lipinski definition) is 2. The summed E-state index contributed by atoms with van der Waals surface area (Å²) >= 11 is 0. The largest absolute Gasteiger partial charge is 0.465 e. The van der Waals surface area contributed by atoms with Gasteiger partial charge in [-0.2, -0.15) is 0 Å². The zero-order chi connectivity index (χ0) is 17.1. The van der Waals surface area contributed by atoms with Crippen molar-refractivity contribution >= 4 is 11.9 Å². The number of aromatic nitrogens is 1. The van der Waals surface area contributed by atoms with Crippen molar-refractivity contribution in [2.45, 2.75) is 52.6 Å². The molecule has 23 heavy (non-hydrogen) atoms. The van der Waals surface area contributed by atoms with Gasteiger partial charge in [0.1, 0.15) is 5.69 Å². The first-order valence-electron chi connectivity index (χ1n) is 8.17. The number of nitrogens with zero attached hydrogens (tertiary/aromatic N) is 1. The smallest absolute Gasteiger partial charge is 0.339 e. The molecule has 1 aromatic rings. The number of piperidine rings is 1. The van der Waals surface area contributed by atoms with E-state index < -0.39 is 5.97 Å². The second-order valence-electron chi connectivity index (χ2n) is 6.49. The van der Waals surface area contributed by atoms with E-state index in [1.165, 1.54) is 7.11 Å². The number of hydrogen-bond acceptors (Lipinski definition) is 4. The summed E-state index contributed by atoms with van der Waals surface area (Å²) in [4.78, 5) is 29.8. The van der Waals surface area contributed by atoms with Crippen molar-refractivity contribution in [2.75, 3.05) is 20.2 Å². The number of ether oxygens (including phenoxy) is 1. The predicted molar refractivity (Wildman–Crippen MR) is 88.8 cm³/mol. The van der Waals surface area contributed by atoms with Crippen molar-refractivity contribution < 1.29 is 14.3 Å². The van der Waals surface area contributed by atoms with E-state index in [1.807, 2.05) is 0 Å². The molecule has 0 atom stereocenters. The molecule has 0 aromatic carbocycles. The average molecular weight is 321 g/mol. The highest BCUT2D eigenvalue weighted by atomic mass is 16.5. The lowest BCUT2D eigenvalue weighted by Crippen LogP contribution is -2.46. The number of rotatable bonds is 4. The van der Waals surface area contributed by atoms with E-state index in [1.54, 1.807) is 13.8 Å². The van der Waals surface area contributed by atoms with Gasteiger partial charge >= 0.3 is 5.97 Å². The number of aryl methyl sites for hydroxylation is 1. The number of aromatic amines is 1. The Bertz CT molecular complexity index is 584. The summed E-state index contributed by atoms with van der Waals surface area (Å²) in [5.41, 5.74) is 2.21. The van der Waals surface area contributed by atoms with Gasteiger partial charge in [0.25, 0.3) is 5.91 Å². The van der Waals surface area contributed by atoms with Gasteiger partial charge in [0, 0.05) is 30.9 Å². The van der Waals surface area contributed by atoms with E-state index >= 15 is 0 Å². The van der Waals surface area contributed by atoms with Crippen LogP contribution in [-0.2, 0) is 4.74 Å². The van der Waals surface area contributed by atoms with Gasteiger partial charge in [-0.25, -0.2) is 4.79 Å². The van der Waals surface area contributed by atoms with Crippen molar-refractivity contribution in [3.63, 3.8) is 0 Å². The molecule has 1 amide bonds. The molecule has 1 fully saturated rings. The Labute approximate surface area is 137 Å². The molecule has 1 aromatic heterocycles. The van der Waals surface area contributed by atoms with Crippen LogP contribution in [0.15, 0.2) is 0 Å². The van der Waals surface area contributed by atoms with E-state index in [2.05, 4.69) is 29.0 Å². The van der Waals surface area contributed by atoms with Crippen LogP contribution in [0.3, 0.4) is 0 Å². The molecule has 2 N–H and O–H groups in total. The van der Waals surface area contributed by atoms with Crippen LogP contribution >= 0.6 is 0 Å². The van der Waals surface area contributed by atoms with Crippen molar-refractivity contribution in [3.8, 4) is 0 Å². The first kappa shape index (κ1) is 17.5. The first-order valence-corrected chi connectivity index (χ1v) is 8.17. The van der Waals surface area contributed by atoms with Crippen LogP contribution < -0.4 is 5.32 Å². The molecule has 2 heterocycles. The number of H-pyrrole nitrogens is 1. The molecule has 2 rings (SSSR count). The second-order valence-corrected chi connectivity index (χ2v) is 6.49. The van der Waals surface area contributed by atoms with Gasteiger partial charge in [0.15, 0.2) is 0 Å². The molecular weight excluding hydrogens is 294 g/mol. The summed E-state index contributed by atoms with van der Waals surface area (Å²) in [6.45, 7) is 9.93. The number of carbonyl (C=O) groups is 2. The lowest BCUT2D eigenvalue weighted by atomic mass is 10.0. The summed E-state index contributed by atoms with van der Waals surface area (Å²) in [7, 11) is 1.34. The van der Waals surface area contributed by atoms with Crippen molar-refractivity contribution in [3.05, 3.63) is 22.5 Å². The number of nitrogens with one attached hydrogen (secondary N) is 2. The number of likely N-dealkylation sites (tertiary alicyclic amines) is 1. The Morgan fingerprint density at radius 1 is 1.26 bits per heavy atom. The van der Waals surface area contributed by atoms with E-state index in [0.717, 1.165) is 25.9 Å². The van der Waals surface area contributed by atoms with Gasteiger partial charge in [-0.15, -0.1) is 0 Å². The van der Waals surface area contributed by atoms with Crippen molar-refractivity contribution in [1.29, 1.82) is 0 Å². The van der Waals surface area contributed by atoms with Crippen molar-refractivity contribution in [2.24, 2.45) is 0 Å². The molecule has 0 radical (unpaired) electrons. The van der Waals surface area contributed by atoms with Crippen molar-refractivity contribution in [1.82, 2.24) is 15.2 Å². The Hall–Kier alpha value is -1.82. The minimum atomic E-state index is -0.416. The highest BCUT2D eigenvalue weighted by molar-refractivity contribution is 6.00. The van der Waals surface area contributed by atoms with Gasteiger partial charge in [0.2, 0.25) is 0 Å². The highest BCUT2D eigenvalue weighted by Gasteiger charge is 2.26. The monoisotopic (exact) mass is 321 g/mol. The molecule has 0 aliphatic carbocycles. The molecular formula is C17H27N3O3. The Morgan fingerprint density at radius 3 is 2.39 bits per heavy atom. The normalized spacial score (nSPS) is 16.6. The van der Waals surface area contributed by atoms with Gasteiger partial charge in [-0.3, -0.25) is 4.79 Å². The van der Waals surface area contributed by atoms with Crippen LogP contribution in [0.1, 0.15) is 58.8 Å². The second kappa shape index (κ2) is 7.17.